The van der Waals surface area contributed by atoms with Crippen LogP contribution in [0.3, 0.4) is 0 Å². The van der Waals surface area contributed by atoms with Gasteiger partial charge < -0.3 is 9.47 Å². The molecule has 0 spiro atoms. The van der Waals surface area contributed by atoms with Crippen molar-refractivity contribution in [3.63, 3.8) is 0 Å². The number of methoxy groups -OCH3 is 1. The highest BCUT2D eigenvalue weighted by Crippen LogP contribution is 2.37. The van der Waals surface area contributed by atoms with Crippen LogP contribution in [0.25, 0.3) is 0 Å². The summed E-state index contributed by atoms with van der Waals surface area (Å²) in [4.78, 5) is 22.7. The molecule has 0 radical (unpaired) electrons. The fraction of sp³-hybridized carbons (Fsp3) is 0.750. The number of ether oxygens (including phenoxy) is 2. The van der Waals surface area contributed by atoms with Gasteiger partial charge in [0.25, 0.3) is 0 Å². The van der Waals surface area contributed by atoms with Crippen LogP contribution in [-0.4, -0.2) is 30.1 Å². The zero-order chi connectivity index (χ0) is 10.1. The Kier molecular flexibility index (Phi) is 3.15. The molecule has 1 aliphatic rings. The third kappa shape index (κ3) is 1.53. The third-order valence-electron chi connectivity index (χ3n) is 2.45. The number of hydrogen-bond acceptors (Lipinski definition) is 4. The fourth-order valence-electron chi connectivity index (χ4n) is 1.32. The minimum absolute atomic E-state index is 0.0759. The van der Waals surface area contributed by atoms with Crippen molar-refractivity contribution in [3.8, 4) is 0 Å². The van der Waals surface area contributed by atoms with Crippen molar-refractivity contribution in [1.82, 2.24) is 0 Å². The van der Waals surface area contributed by atoms with Crippen LogP contribution < -0.4 is 0 Å². The Balaban J connectivity index is 2.95. The highest BCUT2D eigenvalue weighted by Gasteiger charge is 2.54. The molecule has 0 amide bonds. The molecule has 5 heteroatoms. The number of rotatable bonds is 2. The molecule has 1 heterocycles. The lowest BCUT2D eigenvalue weighted by atomic mass is 9.80. The smallest absolute Gasteiger partial charge is 0.323 e. The predicted octanol–water partition coefficient (Wildman–Crippen LogP) is 0.774. The summed E-state index contributed by atoms with van der Waals surface area (Å²) in [6.45, 7) is 1.89. The molecule has 1 rings (SSSR count). The Bertz CT molecular complexity index is 240. The second kappa shape index (κ2) is 3.81. The van der Waals surface area contributed by atoms with Crippen LogP contribution in [0.2, 0.25) is 0 Å². The quantitative estimate of drug-likeness (QED) is 0.327. The lowest BCUT2D eigenvalue weighted by Crippen LogP contribution is -2.40. The van der Waals surface area contributed by atoms with Crippen molar-refractivity contribution in [2.75, 3.05) is 18.1 Å². The molecule has 13 heavy (non-hydrogen) atoms. The SMILES string of the molecule is COC(=O)C1(C)C(=O)OCC1CI. The Labute approximate surface area is 90.1 Å². The van der Waals surface area contributed by atoms with Gasteiger partial charge in [0.15, 0.2) is 5.41 Å². The molecule has 0 N–H and O–H groups in total. The summed E-state index contributed by atoms with van der Waals surface area (Å²) < 4.78 is 10.2. The summed E-state index contributed by atoms with van der Waals surface area (Å²) in [5.74, 6) is -1.05. The summed E-state index contributed by atoms with van der Waals surface area (Å²) in [6, 6.07) is 0. The molecule has 0 aliphatic carbocycles. The molecule has 0 saturated carbocycles. The van der Waals surface area contributed by atoms with E-state index < -0.39 is 17.4 Å². The van der Waals surface area contributed by atoms with Crippen LogP contribution in [0.4, 0.5) is 0 Å². The van der Waals surface area contributed by atoms with Gasteiger partial charge in [-0.2, -0.15) is 0 Å². The number of cyclic esters (lactones) is 1. The number of hydrogen-bond donors (Lipinski definition) is 0. The van der Waals surface area contributed by atoms with Crippen LogP contribution in [0, 0.1) is 11.3 Å². The van der Waals surface area contributed by atoms with Crippen LogP contribution in [0.15, 0.2) is 0 Å². The average molecular weight is 298 g/mol. The number of carbonyl (C=O) groups is 2. The molecular formula is C8H11IO4. The number of carbonyl (C=O) groups excluding carboxylic acids is 2. The molecule has 2 unspecified atom stereocenters. The largest absolute Gasteiger partial charge is 0.468 e. The van der Waals surface area contributed by atoms with E-state index >= 15 is 0 Å². The van der Waals surface area contributed by atoms with Crippen LogP contribution in [0.1, 0.15) is 6.92 Å². The Morgan fingerprint density at radius 2 is 2.46 bits per heavy atom. The maximum absolute atomic E-state index is 11.4. The van der Waals surface area contributed by atoms with Crippen LogP contribution >= 0.6 is 22.6 Å². The second-order valence-corrected chi connectivity index (χ2v) is 4.02. The van der Waals surface area contributed by atoms with E-state index in [1.165, 1.54) is 7.11 Å². The van der Waals surface area contributed by atoms with E-state index in [-0.39, 0.29) is 5.92 Å². The van der Waals surface area contributed by atoms with Gasteiger partial charge in [0.2, 0.25) is 0 Å². The number of halogens is 1. The zero-order valence-corrected chi connectivity index (χ0v) is 9.66. The molecule has 0 aromatic heterocycles. The van der Waals surface area contributed by atoms with E-state index in [2.05, 4.69) is 27.3 Å². The second-order valence-electron chi connectivity index (χ2n) is 3.14. The molecule has 74 valence electrons. The molecular weight excluding hydrogens is 287 g/mol. The Morgan fingerprint density at radius 3 is 2.92 bits per heavy atom. The minimum atomic E-state index is -1.10. The first-order valence-electron chi connectivity index (χ1n) is 3.89. The maximum atomic E-state index is 11.4. The average Bonchev–Trinajstić information content (AvgIpc) is 2.43. The molecule has 4 nitrogen and oxygen atoms in total. The number of esters is 2. The van der Waals surface area contributed by atoms with Crippen molar-refractivity contribution in [2.45, 2.75) is 6.92 Å². The highest BCUT2D eigenvalue weighted by molar-refractivity contribution is 14.1. The molecule has 1 aliphatic heterocycles. The van der Waals surface area contributed by atoms with Crippen LogP contribution in [-0.2, 0) is 19.1 Å². The fourth-order valence-corrected chi connectivity index (χ4v) is 2.46. The van der Waals surface area contributed by atoms with E-state index in [0.29, 0.717) is 11.0 Å². The summed E-state index contributed by atoms with van der Waals surface area (Å²) in [5.41, 5.74) is -1.10. The van der Waals surface area contributed by atoms with Crippen molar-refractivity contribution in [3.05, 3.63) is 0 Å². The summed E-state index contributed by atoms with van der Waals surface area (Å²) in [7, 11) is 1.28. The zero-order valence-electron chi connectivity index (χ0n) is 7.50. The van der Waals surface area contributed by atoms with E-state index in [9.17, 15) is 9.59 Å². The van der Waals surface area contributed by atoms with Crippen LogP contribution in [0.5, 0.6) is 0 Å². The summed E-state index contributed by atoms with van der Waals surface area (Å²) in [6.07, 6.45) is 0. The predicted molar refractivity (Wildman–Crippen MR) is 53.5 cm³/mol. The lowest BCUT2D eigenvalue weighted by Gasteiger charge is -2.21. The molecule has 1 saturated heterocycles. The first-order valence-corrected chi connectivity index (χ1v) is 5.41. The van der Waals surface area contributed by atoms with Gasteiger partial charge in [-0.05, 0) is 6.92 Å². The van der Waals surface area contributed by atoms with E-state index in [1.807, 2.05) is 0 Å². The molecule has 0 aromatic carbocycles. The van der Waals surface area contributed by atoms with Gasteiger partial charge in [-0.1, -0.05) is 22.6 Å². The first kappa shape index (κ1) is 10.7. The Hall–Kier alpha value is -0.330. The highest BCUT2D eigenvalue weighted by atomic mass is 127. The van der Waals surface area contributed by atoms with Gasteiger partial charge in [-0.3, -0.25) is 9.59 Å². The Morgan fingerprint density at radius 1 is 1.85 bits per heavy atom. The normalized spacial score (nSPS) is 32.8. The molecule has 1 fully saturated rings. The van der Waals surface area contributed by atoms with Gasteiger partial charge in [0.05, 0.1) is 13.7 Å². The van der Waals surface area contributed by atoms with Gasteiger partial charge in [-0.25, -0.2) is 0 Å². The monoisotopic (exact) mass is 298 g/mol. The van der Waals surface area contributed by atoms with E-state index in [1.54, 1.807) is 6.92 Å². The lowest BCUT2D eigenvalue weighted by molar-refractivity contribution is -0.162. The minimum Gasteiger partial charge on any atom is -0.468 e. The molecule has 2 atom stereocenters. The summed E-state index contributed by atoms with van der Waals surface area (Å²) in [5, 5.41) is 0. The van der Waals surface area contributed by atoms with Crippen molar-refractivity contribution in [1.29, 1.82) is 0 Å². The van der Waals surface area contributed by atoms with Gasteiger partial charge in [0.1, 0.15) is 0 Å². The van der Waals surface area contributed by atoms with Gasteiger partial charge in [-0.15, -0.1) is 0 Å². The van der Waals surface area contributed by atoms with Crippen molar-refractivity contribution in [2.24, 2.45) is 11.3 Å². The van der Waals surface area contributed by atoms with E-state index in [4.69, 9.17) is 4.74 Å². The first-order chi connectivity index (χ1) is 6.07. The maximum Gasteiger partial charge on any atom is 0.323 e. The van der Waals surface area contributed by atoms with Gasteiger partial charge >= 0.3 is 11.9 Å². The summed E-state index contributed by atoms with van der Waals surface area (Å²) >= 11 is 2.13. The van der Waals surface area contributed by atoms with Crippen molar-refractivity contribution < 1.29 is 19.1 Å². The molecule has 0 bridgehead atoms. The standard InChI is InChI=1S/C8H11IO4/c1-8(6(10)12-2)5(3-9)4-13-7(8)11/h5H,3-4H2,1-2H3. The topological polar surface area (TPSA) is 52.6 Å². The third-order valence-corrected chi connectivity index (χ3v) is 3.52. The van der Waals surface area contributed by atoms with Gasteiger partial charge in [0, 0.05) is 10.3 Å². The number of alkyl halides is 1. The van der Waals surface area contributed by atoms with Crippen molar-refractivity contribution >= 4 is 34.5 Å². The molecule has 0 aromatic rings. The van der Waals surface area contributed by atoms with E-state index in [0.717, 1.165) is 0 Å².